The molecule has 5 heteroatoms. The van der Waals surface area contributed by atoms with Gasteiger partial charge in [-0.3, -0.25) is 0 Å². The molecule has 0 radical (unpaired) electrons. The van der Waals surface area contributed by atoms with Crippen LogP contribution in [0.25, 0.3) is 0 Å². The summed E-state index contributed by atoms with van der Waals surface area (Å²) in [6, 6.07) is 0.300. The summed E-state index contributed by atoms with van der Waals surface area (Å²) in [6.45, 7) is 1.86. The molecule has 0 unspecified atom stereocenters. The number of nitrogens with zero attached hydrogens (tertiary/aromatic N) is 1. The number of hydrogen-bond acceptors (Lipinski definition) is 3. The monoisotopic (exact) mass is 216 g/mol. The Balaban J connectivity index is 0. The summed E-state index contributed by atoms with van der Waals surface area (Å²) in [5.74, 6) is 0. The first-order valence-electron chi connectivity index (χ1n) is 3.77. The predicted molar refractivity (Wildman–Crippen MR) is 55.5 cm³/mol. The van der Waals surface area contributed by atoms with Gasteiger partial charge in [-0.2, -0.15) is 0 Å². The second-order valence-corrected chi connectivity index (χ2v) is 3.09. The summed E-state index contributed by atoms with van der Waals surface area (Å²) >= 11 is 0. The van der Waals surface area contributed by atoms with E-state index in [4.69, 9.17) is 0 Å². The molecule has 1 fully saturated rings. The van der Waals surface area contributed by atoms with Gasteiger partial charge in [-0.15, -0.1) is 24.8 Å². The van der Waals surface area contributed by atoms with Gasteiger partial charge in [-0.05, 0) is 27.1 Å². The van der Waals surface area contributed by atoms with Crippen molar-refractivity contribution in [2.45, 2.75) is 18.6 Å². The van der Waals surface area contributed by atoms with E-state index in [1.165, 1.54) is 0 Å². The molecule has 0 aromatic rings. The molecule has 0 aromatic heterocycles. The average Bonchev–Trinajstić information content (AvgIpc) is 1.88. The SMILES string of the molecule is CN(C)[C@H]1CNCC[C@@H]1O.Cl.Cl. The van der Waals surface area contributed by atoms with Crippen LogP contribution in [0.3, 0.4) is 0 Å². The topological polar surface area (TPSA) is 35.5 Å². The van der Waals surface area contributed by atoms with Crippen molar-refractivity contribution in [3.8, 4) is 0 Å². The largest absolute Gasteiger partial charge is 0.391 e. The molecule has 0 aliphatic carbocycles. The molecule has 76 valence electrons. The van der Waals surface area contributed by atoms with Crippen LogP contribution in [0.15, 0.2) is 0 Å². The first kappa shape index (κ1) is 15.0. The average molecular weight is 217 g/mol. The zero-order chi connectivity index (χ0) is 7.56. The molecule has 2 atom stereocenters. The Morgan fingerprint density at radius 1 is 1.33 bits per heavy atom. The van der Waals surface area contributed by atoms with Crippen LogP contribution in [0.2, 0.25) is 0 Å². The summed E-state index contributed by atoms with van der Waals surface area (Å²) in [7, 11) is 4.00. The van der Waals surface area contributed by atoms with Gasteiger partial charge in [-0.1, -0.05) is 0 Å². The molecule has 0 spiro atoms. The van der Waals surface area contributed by atoms with Crippen LogP contribution in [-0.4, -0.2) is 49.3 Å². The number of aliphatic hydroxyl groups excluding tert-OH is 1. The fourth-order valence-electron chi connectivity index (χ4n) is 1.36. The second kappa shape index (κ2) is 6.92. The van der Waals surface area contributed by atoms with E-state index in [1.54, 1.807) is 0 Å². The van der Waals surface area contributed by atoms with Crippen LogP contribution in [0.1, 0.15) is 6.42 Å². The lowest BCUT2D eigenvalue weighted by Crippen LogP contribution is -2.51. The van der Waals surface area contributed by atoms with E-state index in [-0.39, 0.29) is 30.9 Å². The number of likely N-dealkylation sites (N-methyl/N-ethyl adjacent to an activating group) is 1. The van der Waals surface area contributed by atoms with E-state index < -0.39 is 0 Å². The van der Waals surface area contributed by atoms with Gasteiger partial charge >= 0.3 is 0 Å². The molecule has 12 heavy (non-hydrogen) atoms. The van der Waals surface area contributed by atoms with Gasteiger partial charge < -0.3 is 15.3 Å². The van der Waals surface area contributed by atoms with Crippen molar-refractivity contribution in [1.82, 2.24) is 10.2 Å². The van der Waals surface area contributed by atoms with E-state index >= 15 is 0 Å². The molecule has 3 nitrogen and oxygen atoms in total. The minimum absolute atomic E-state index is 0. The number of rotatable bonds is 1. The van der Waals surface area contributed by atoms with Crippen LogP contribution >= 0.6 is 24.8 Å². The van der Waals surface area contributed by atoms with E-state index in [1.807, 2.05) is 14.1 Å². The van der Waals surface area contributed by atoms with Crippen molar-refractivity contribution in [2.75, 3.05) is 27.2 Å². The van der Waals surface area contributed by atoms with Crippen LogP contribution in [0, 0.1) is 0 Å². The molecule has 0 bridgehead atoms. The van der Waals surface area contributed by atoms with Crippen molar-refractivity contribution in [1.29, 1.82) is 0 Å². The number of aliphatic hydroxyl groups is 1. The normalized spacial score (nSPS) is 29.0. The van der Waals surface area contributed by atoms with Crippen molar-refractivity contribution < 1.29 is 5.11 Å². The zero-order valence-corrected chi connectivity index (χ0v) is 9.12. The Hall–Kier alpha value is 0.460. The fraction of sp³-hybridized carbons (Fsp3) is 1.00. The molecular formula is C7H18Cl2N2O. The highest BCUT2D eigenvalue weighted by Crippen LogP contribution is 2.07. The van der Waals surface area contributed by atoms with E-state index in [2.05, 4.69) is 10.2 Å². The number of hydrogen-bond donors (Lipinski definition) is 2. The molecule has 1 saturated heterocycles. The van der Waals surface area contributed by atoms with Gasteiger partial charge in [-0.25, -0.2) is 0 Å². The van der Waals surface area contributed by atoms with Gasteiger partial charge in [0.2, 0.25) is 0 Å². The quantitative estimate of drug-likeness (QED) is 0.654. The van der Waals surface area contributed by atoms with Crippen molar-refractivity contribution in [3.63, 3.8) is 0 Å². The van der Waals surface area contributed by atoms with Gasteiger partial charge in [0.15, 0.2) is 0 Å². The highest BCUT2D eigenvalue weighted by Gasteiger charge is 2.23. The highest BCUT2D eigenvalue weighted by molar-refractivity contribution is 5.85. The lowest BCUT2D eigenvalue weighted by molar-refractivity contribution is 0.0523. The minimum atomic E-state index is -0.142. The second-order valence-electron chi connectivity index (χ2n) is 3.09. The Morgan fingerprint density at radius 2 is 1.92 bits per heavy atom. The molecule has 2 N–H and O–H groups in total. The molecule has 1 aliphatic heterocycles. The third-order valence-electron chi connectivity index (χ3n) is 2.08. The molecule has 1 rings (SSSR count). The maximum atomic E-state index is 9.46. The molecule has 1 heterocycles. The van der Waals surface area contributed by atoms with Gasteiger partial charge in [0, 0.05) is 12.6 Å². The predicted octanol–water partition coefficient (Wildman–Crippen LogP) is 0.114. The zero-order valence-electron chi connectivity index (χ0n) is 7.49. The summed E-state index contributed by atoms with van der Waals surface area (Å²) < 4.78 is 0. The maximum absolute atomic E-state index is 9.46. The smallest absolute Gasteiger partial charge is 0.0719 e. The lowest BCUT2D eigenvalue weighted by atomic mass is 10.0. The van der Waals surface area contributed by atoms with Crippen LogP contribution in [0.4, 0.5) is 0 Å². The van der Waals surface area contributed by atoms with E-state index in [0.717, 1.165) is 19.5 Å². The van der Waals surface area contributed by atoms with Crippen LogP contribution in [0.5, 0.6) is 0 Å². The van der Waals surface area contributed by atoms with Crippen molar-refractivity contribution in [3.05, 3.63) is 0 Å². The molecule has 1 aliphatic rings. The third-order valence-corrected chi connectivity index (χ3v) is 2.08. The van der Waals surface area contributed by atoms with Gasteiger partial charge in [0.25, 0.3) is 0 Å². The Bertz CT molecular complexity index is 114. The fourth-order valence-corrected chi connectivity index (χ4v) is 1.36. The van der Waals surface area contributed by atoms with Gasteiger partial charge in [0.1, 0.15) is 0 Å². The highest BCUT2D eigenvalue weighted by atomic mass is 35.5. The molecular weight excluding hydrogens is 199 g/mol. The van der Waals surface area contributed by atoms with E-state index in [9.17, 15) is 5.11 Å². The number of piperidine rings is 1. The number of nitrogens with one attached hydrogen (secondary N) is 1. The summed E-state index contributed by atoms with van der Waals surface area (Å²) in [5, 5.41) is 12.7. The van der Waals surface area contributed by atoms with Crippen LogP contribution < -0.4 is 5.32 Å². The summed E-state index contributed by atoms with van der Waals surface area (Å²) in [4.78, 5) is 2.07. The molecule has 0 saturated carbocycles. The van der Waals surface area contributed by atoms with E-state index in [0.29, 0.717) is 6.04 Å². The summed E-state index contributed by atoms with van der Waals surface area (Å²) in [6.07, 6.45) is 0.735. The standard InChI is InChI=1S/C7H16N2O.2ClH/c1-9(2)6-5-8-4-3-7(6)10;;/h6-8,10H,3-5H2,1-2H3;2*1H/t6-,7-;;/m0../s1. The Labute approximate surface area is 86.3 Å². The van der Waals surface area contributed by atoms with Gasteiger partial charge in [0.05, 0.1) is 6.10 Å². The lowest BCUT2D eigenvalue weighted by Gasteiger charge is -2.33. The van der Waals surface area contributed by atoms with Crippen LogP contribution in [-0.2, 0) is 0 Å². The Morgan fingerprint density at radius 3 is 2.25 bits per heavy atom. The first-order chi connectivity index (χ1) is 4.72. The minimum Gasteiger partial charge on any atom is -0.391 e. The Kier molecular flexibility index (Phi) is 8.63. The molecule has 0 aromatic carbocycles. The molecule has 0 amide bonds. The number of halogens is 2. The third kappa shape index (κ3) is 3.92. The maximum Gasteiger partial charge on any atom is 0.0719 e. The van der Waals surface area contributed by atoms with Crippen molar-refractivity contribution >= 4 is 24.8 Å². The first-order valence-corrected chi connectivity index (χ1v) is 3.77. The van der Waals surface area contributed by atoms with Crippen molar-refractivity contribution in [2.24, 2.45) is 0 Å². The summed E-state index contributed by atoms with van der Waals surface area (Å²) in [5.41, 5.74) is 0.